The second-order valence-electron chi connectivity index (χ2n) is 6.98. The van der Waals surface area contributed by atoms with Crippen LogP contribution in [0, 0.1) is 13.8 Å². The molecule has 150 valence electrons. The summed E-state index contributed by atoms with van der Waals surface area (Å²) < 4.78 is 0. The zero-order valence-electron chi connectivity index (χ0n) is 16.5. The third kappa shape index (κ3) is 3.73. The van der Waals surface area contributed by atoms with E-state index in [4.69, 9.17) is 0 Å². The normalized spacial score (nSPS) is 14.0. The average molecular weight is 411 g/mol. The van der Waals surface area contributed by atoms with Gasteiger partial charge in [0.1, 0.15) is 5.69 Å². The molecule has 4 rings (SSSR count). The van der Waals surface area contributed by atoms with Crippen LogP contribution in [0.5, 0.6) is 0 Å². The van der Waals surface area contributed by atoms with Gasteiger partial charge in [-0.1, -0.05) is 23.5 Å². The lowest BCUT2D eigenvalue weighted by molar-refractivity contribution is 0.0963. The maximum absolute atomic E-state index is 12.9. The molecule has 3 aromatic rings. The van der Waals surface area contributed by atoms with Gasteiger partial charge in [0.15, 0.2) is 5.13 Å². The minimum atomic E-state index is -0.123. The Hall–Kier alpha value is -3.20. The highest BCUT2D eigenvalue weighted by Crippen LogP contribution is 2.35. The number of H-pyrrole nitrogens is 1. The Morgan fingerprint density at radius 1 is 1.24 bits per heavy atom. The minimum Gasteiger partial charge on any atom is -0.355 e. The molecule has 8 nitrogen and oxygen atoms in total. The molecule has 1 aliphatic heterocycles. The van der Waals surface area contributed by atoms with Crippen molar-refractivity contribution in [3.63, 3.8) is 0 Å². The van der Waals surface area contributed by atoms with Gasteiger partial charge in [0.25, 0.3) is 5.91 Å². The first-order chi connectivity index (χ1) is 14.0. The number of rotatable bonds is 5. The van der Waals surface area contributed by atoms with E-state index in [0.717, 1.165) is 27.5 Å². The molecule has 1 saturated heterocycles. The van der Waals surface area contributed by atoms with Crippen LogP contribution in [0.3, 0.4) is 0 Å². The summed E-state index contributed by atoms with van der Waals surface area (Å²) in [4.78, 5) is 33.7. The number of hydrogen-bond donors (Lipinski definition) is 2. The maximum Gasteiger partial charge on any atom is 0.326 e. The minimum absolute atomic E-state index is 0.0566. The quantitative estimate of drug-likeness (QED) is 0.676. The molecule has 1 aromatic carbocycles. The van der Waals surface area contributed by atoms with Crippen molar-refractivity contribution in [1.29, 1.82) is 0 Å². The fourth-order valence-corrected chi connectivity index (χ4v) is 4.35. The van der Waals surface area contributed by atoms with Gasteiger partial charge in [0.05, 0.1) is 10.6 Å². The number of amides is 3. The van der Waals surface area contributed by atoms with E-state index in [-0.39, 0.29) is 11.9 Å². The highest BCUT2D eigenvalue weighted by atomic mass is 32.1. The average Bonchev–Trinajstić information content (AvgIpc) is 3.41. The molecule has 0 unspecified atom stereocenters. The van der Waals surface area contributed by atoms with E-state index in [0.29, 0.717) is 30.3 Å². The first-order valence-corrected chi connectivity index (χ1v) is 10.1. The summed E-state index contributed by atoms with van der Waals surface area (Å²) in [5.74, 6) is -0.123. The largest absolute Gasteiger partial charge is 0.355 e. The predicted octanol–water partition coefficient (Wildman–Crippen LogP) is 2.95. The van der Waals surface area contributed by atoms with Crippen molar-refractivity contribution in [3.05, 3.63) is 52.8 Å². The Balaban J connectivity index is 1.47. The molecule has 0 atom stereocenters. The van der Waals surface area contributed by atoms with E-state index in [2.05, 4.69) is 20.5 Å². The van der Waals surface area contributed by atoms with Crippen LogP contribution >= 0.6 is 11.3 Å². The molecule has 0 saturated carbocycles. The lowest BCUT2D eigenvalue weighted by Gasteiger charge is -2.17. The lowest BCUT2D eigenvalue weighted by atomic mass is 10.1. The number of carbonyl (C=O) groups excluding carboxylic acids is 2. The van der Waals surface area contributed by atoms with Gasteiger partial charge in [-0.3, -0.25) is 14.8 Å². The van der Waals surface area contributed by atoms with Gasteiger partial charge in [0.2, 0.25) is 0 Å². The van der Waals surface area contributed by atoms with Gasteiger partial charge in [-0.25, -0.2) is 9.78 Å². The van der Waals surface area contributed by atoms with E-state index >= 15 is 0 Å². The highest BCUT2D eigenvalue weighted by molar-refractivity contribution is 7.19. The van der Waals surface area contributed by atoms with Crippen molar-refractivity contribution >= 4 is 28.4 Å². The second-order valence-corrected chi connectivity index (χ2v) is 7.96. The predicted molar refractivity (Wildman–Crippen MR) is 112 cm³/mol. The van der Waals surface area contributed by atoms with E-state index in [1.165, 1.54) is 11.3 Å². The molecule has 0 radical (unpaired) electrons. The summed E-state index contributed by atoms with van der Waals surface area (Å²) in [7, 11) is 1.60. The summed E-state index contributed by atoms with van der Waals surface area (Å²) in [6.07, 6.45) is 0. The standard InChI is InChI=1S/C20H22N6O2S/c1-12-10-16(24-23-12)17-13(2)22-19(29-17)26-9-8-25(20(26)28)11-14-4-6-15(7-5-14)18(27)21-3/h4-7,10H,8-9,11H2,1-3H3,(H,21,27)(H,23,24). The Morgan fingerprint density at radius 2 is 2.00 bits per heavy atom. The third-order valence-electron chi connectivity index (χ3n) is 4.87. The molecule has 0 spiro atoms. The number of aromatic nitrogens is 3. The number of hydrogen-bond acceptors (Lipinski definition) is 5. The van der Waals surface area contributed by atoms with Gasteiger partial charge >= 0.3 is 6.03 Å². The SMILES string of the molecule is CNC(=O)c1ccc(CN2CCN(c3nc(C)c(-c4cc(C)[nH]n4)s3)C2=O)cc1. The van der Waals surface area contributed by atoms with E-state index in [1.807, 2.05) is 32.0 Å². The fourth-order valence-electron chi connectivity index (χ4n) is 3.30. The summed E-state index contributed by atoms with van der Waals surface area (Å²) in [6.45, 7) is 5.62. The first kappa shape index (κ1) is 19.1. The summed E-state index contributed by atoms with van der Waals surface area (Å²) in [6, 6.07) is 9.23. The fraction of sp³-hybridized carbons (Fsp3) is 0.300. The maximum atomic E-state index is 12.9. The van der Waals surface area contributed by atoms with Crippen LogP contribution in [0.15, 0.2) is 30.3 Å². The zero-order chi connectivity index (χ0) is 20.5. The monoisotopic (exact) mass is 410 g/mol. The van der Waals surface area contributed by atoms with E-state index in [1.54, 1.807) is 29.0 Å². The Morgan fingerprint density at radius 3 is 2.66 bits per heavy atom. The van der Waals surface area contributed by atoms with Gasteiger partial charge in [-0.05, 0) is 37.6 Å². The van der Waals surface area contributed by atoms with Crippen LogP contribution in [0.1, 0.15) is 27.3 Å². The summed E-state index contributed by atoms with van der Waals surface area (Å²) in [5, 5.41) is 10.5. The number of anilines is 1. The Bertz CT molecular complexity index is 1060. The van der Waals surface area contributed by atoms with Crippen molar-refractivity contribution in [1.82, 2.24) is 25.4 Å². The molecule has 2 N–H and O–H groups in total. The van der Waals surface area contributed by atoms with Crippen LogP contribution in [-0.2, 0) is 6.54 Å². The van der Waals surface area contributed by atoms with Gasteiger partial charge in [-0.15, -0.1) is 0 Å². The van der Waals surface area contributed by atoms with Crippen molar-refractivity contribution in [2.75, 3.05) is 25.0 Å². The second kappa shape index (κ2) is 7.67. The number of aryl methyl sites for hydroxylation is 2. The van der Waals surface area contributed by atoms with E-state index < -0.39 is 0 Å². The summed E-state index contributed by atoms with van der Waals surface area (Å²) >= 11 is 1.48. The molecule has 1 fully saturated rings. The Labute approximate surface area is 172 Å². The number of urea groups is 1. The van der Waals surface area contributed by atoms with Crippen LogP contribution in [0.2, 0.25) is 0 Å². The van der Waals surface area contributed by atoms with Crippen LogP contribution in [-0.4, -0.2) is 52.2 Å². The molecule has 2 aromatic heterocycles. The number of thiazole rings is 1. The molecular formula is C20H22N6O2S. The van der Waals surface area contributed by atoms with Crippen LogP contribution in [0.25, 0.3) is 10.6 Å². The lowest BCUT2D eigenvalue weighted by Crippen LogP contribution is -2.31. The zero-order valence-corrected chi connectivity index (χ0v) is 17.3. The van der Waals surface area contributed by atoms with Gasteiger partial charge < -0.3 is 10.2 Å². The molecule has 3 amide bonds. The topological polar surface area (TPSA) is 94.2 Å². The molecule has 0 aliphatic carbocycles. The summed E-state index contributed by atoms with van der Waals surface area (Å²) in [5.41, 5.74) is 4.29. The molecule has 0 bridgehead atoms. The molecule has 3 heterocycles. The number of nitrogens with one attached hydrogen (secondary N) is 2. The van der Waals surface area contributed by atoms with Crippen molar-refractivity contribution in [2.45, 2.75) is 20.4 Å². The number of nitrogens with zero attached hydrogens (tertiary/aromatic N) is 4. The Kier molecular flexibility index (Phi) is 5.06. The third-order valence-corrected chi connectivity index (χ3v) is 6.07. The number of aromatic amines is 1. The van der Waals surface area contributed by atoms with Gasteiger partial charge in [-0.2, -0.15) is 5.10 Å². The van der Waals surface area contributed by atoms with Crippen molar-refractivity contribution in [2.24, 2.45) is 0 Å². The van der Waals surface area contributed by atoms with Crippen LogP contribution in [0.4, 0.5) is 9.93 Å². The van der Waals surface area contributed by atoms with Crippen LogP contribution < -0.4 is 10.2 Å². The van der Waals surface area contributed by atoms with Crippen molar-refractivity contribution < 1.29 is 9.59 Å². The number of benzene rings is 1. The molecule has 9 heteroatoms. The molecular weight excluding hydrogens is 388 g/mol. The molecule has 1 aliphatic rings. The number of carbonyl (C=O) groups is 2. The van der Waals surface area contributed by atoms with E-state index in [9.17, 15) is 9.59 Å². The molecule has 29 heavy (non-hydrogen) atoms. The van der Waals surface area contributed by atoms with Crippen molar-refractivity contribution in [3.8, 4) is 10.6 Å². The first-order valence-electron chi connectivity index (χ1n) is 9.33. The van der Waals surface area contributed by atoms with Gasteiger partial charge in [0, 0.05) is 37.9 Å². The smallest absolute Gasteiger partial charge is 0.326 e. The highest BCUT2D eigenvalue weighted by Gasteiger charge is 2.32.